The van der Waals surface area contributed by atoms with E-state index in [0.29, 0.717) is 27.9 Å². The summed E-state index contributed by atoms with van der Waals surface area (Å²) in [6, 6.07) is 89.1. The van der Waals surface area contributed by atoms with E-state index in [0.717, 1.165) is 68.4 Å². The Bertz CT molecular complexity index is 4640. The molecule has 1 heterocycles. The minimum atomic E-state index is -0.158. The highest BCUT2D eigenvalue weighted by atomic mass is 16.3. The van der Waals surface area contributed by atoms with Crippen LogP contribution in [0.1, 0.15) is 67.9 Å². The number of para-hydroxylation sites is 2. The van der Waals surface area contributed by atoms with Crippen molar-refractivity contribution in [1.82, 2.24) is 0 Å². The Kier molecular flexibility index (Phi) is 11.8. The summed E-state index contributed by atoms with van der Waals surface area (Å²) in [7, 11) is 0. The lowest BCUT2D eigenvalue weighted by Gasteiger charge is -2.28. The zero-order valence-electron chi connectivity index (χ0n) is 47.0. The van der Waals surface area contributed by atoms with Gasteiger partial charge in [0.1, 0.15) is 11.2 Å². The van der Waals surface area contributed by atoms with Gasteiger partial charge in [0.15, 0.2) is 0 Å². The van der Waals surface area contributed by atoms with E-state index >= 15 is 0 Å². The topological polar surface area (TPSA) is 36.7 Å². The Balaban J connectivity index is 0.797. The summed E-state index contributed by atoms with van der Waals surface area (Å²) in [4.78, 5) is 19.4. The van der Waals surface area contributed by atoms with Crippen LogP contribution in [0.2, 0.25) is 0 Å². The first-order valence-electron chi connectivity index (χ1n) is 29.0. The van der Waals surface area contributed by atoms with Crippen molar-refractivity contribution in [3.05, 3.63) is 311 Å². The van der Waals surface area contributed by atoms with Crippen LogP contribution < -0.4 is 15.2 Å². The van der Waals surface area contributed by atoms with Gasteiger partial charge in [-0.05, 0) is 164 Å². The number of allylic oxidation sites excluding steroid dienone is 4. The van der Waals surface area contributed by atoms with E-state index in [9.17, 15) is 4.79 Å². The molecule has 0 aliphatic heterocycles. The van der Waals surface area contributed by atoms with Crippen molar-refractivity contribution < 1.29 is 4.42 Å². The minimum absolute atomic E-state index is 0.0546. The van der Waals surface area contributed by atoms with Gasteiger partial charge in [0, 0.05) is 62.0 Å². The molecule has 1 aromatic heterocycles. The fraction of sp³-hybridized carbons (Fsp3) is 0.101. The molecule has 0 fully saturated rings. The summed E-state index contributed by atoms with van der Waals surface area (Å²) >= 11 is 0. The lowest BCUT2D eigenvalue weighted by Crippen LogP contribution is -2.16. The zero-order valence-corrected chi connectivity index (χ0v) is 47.0. The average Bonchev–Trinajstić information content (AvgIpc) is 3.87. The number of nitrogens with zero attached hydrogens (tertiary/aromatic N) is 2. The van der Waals surface area contributed by atoms with Crippen molar-refractivity contribution in [2.45, 2.75) is 50.9 Å². The molecule has 83 heavy (non-hydrogen) atoms. The van der Waals surface area contributed by atoms with E-state index in [2.05, 4.69) is 286 Å². The summed E-state index contributed by atoms with van der Waals surface area (Å²) in [5, 5.41) is 1.10. The Morgan fingerprint density at radius 2 is 0.759 bits per heavy atom. The van der Waals surface area contributed by atoms with Crippen molar-refractivity contribution in [2.24, 2.45) is 0 Å². The number of hydrogen-bond donors (Lipinski definition) is 0. The van der Waals surface area contributed by atoms with Crippen molar-refractivity contribution in [3.8, 4) is 55.6 Å². The van der Waals surface area contributed by atoms with E-state index in [-0.39, 0.29) is 16.3 Å². The van der Waals surface area contributed by atoms with Crippen molar-refractivity contribution >= 4 is 56.1 Å². The van der Waals surface area contributed by atoms with Crippen LogP contribution in [-0.4, -0.2) is 0 Å². The average molecular weight is 1070 g/mol. The molecule has 0 spiro atoms. The molecule has 0 bridgehead atoms. The third kappa shape index (κ3) is 8.31. The van der Waals surface area contributed by atoms with Crippen molar-refractivity contribution in [1.29, 1.82) is 0 Å². The molecule has 1 unspecified atom stereocenters. The Morgan fingerprint density at radius 3 is 1.23 bits per heavy atom. The molecule has 12 aromatic rings. The quantitative estimate of drug-likeness (QED) is 0.128. The van der Waals surface area contributed by atoms with Crippen molar-refractivity contribution in [2.75, 3.05) is 9.80 Å². The highest BCUT2D eigenvalue weighted by molar-refractivity contribution is 6.02. The van der Waals surface area contributed by atoms with Crippen LogP contribution in [0.4, 0.5) is 34.1 Å². The highest BCUT2D eigenvalue weighted by Crippen LogP contribution is 2.53. The van der Waals surface area contributed by atoms with Crippen LogP contribution in [0.5, 0.6) is 0 Å². The third-order valence-electron chi connectivity index (χ3n) is 18.0. The second-order valence-corrected chi connectivity index (χ2v) is 23.5. The zero-order chi connectivity index (χ0) is 56.0. The van der Waals surface area contributed by atoms with Crippen molar-refractivity contribution in [3.63, 3.8) is 0 Å². The van der Waals surface area contributed by atoms with Gasteiger partial charge in [0.2, 0.25) is 5.43 Å². The van der Waals surface area contributed by atoms with Gasteiger partial charge in [-0.25, -0.2) is 0 Å². The maximum atomic E-state index is 14.7. The lowest BCUT2D eigenvalue weighted by molar-refractivity contribution is 0.660. The van der Waals surface area contributed by atoms with Gasteiger partial charge in [0.25, 0.3) is 0 Å². The molecule has 15 rings (SSSR count). The predicted molar refractivity (Wildman–Crippen MR) is 346 cm³/mol. The van der Waals surface area contributed by atoms with Crippen LogP contribution >= 0.6 is 0 Å². The molecule has 4 heteroatoms. The second-order valence-electron chi connectivity index (χ2n) is 23.5. The molecule has 0 saturated carbocycles. The van der Waals surface area contributed by atoms with E-state index in [1.807, 2.05) is 24.3 Å². The van der Waals surface area contributed by atoms with E-state index < -0.39 is 0 Å². The molecule has 0 saturated heterocycles. The van der Waals surface area contributed by atoms with E-state index in [1.54, 1.807) is 0 Å². The van der Waals surface area contributed by atoms with Crippen LogP contribution in [-0.2, 0) is 10.8 Å². The number of hydrogen-bond acceptors (Lipinski definition) is 4. The third-order valence-corrected chi connectivity index (χ3v) is 18.0. The number of benzene rings is 11. The van der Waals surface area contributed by atoms with Gasteiger partial charge in [-0.1, -0.05) is 216 Å². The van der Waals surface area contributed by atoms with Gasteiger partial charge < -0.3 is 14.2 Å². The molecule has 398 valence electrons. The summed E-state index contributed by atoms with van der Waals surface area (Å²) in [5.74, 6) is 0.357. The fourth-order valence-electron chi connectivity index (χ4n) is 13.6. The van der Waals surface area contributed by atoms with Gasteiger partial charge in [-0.2, -0.15) is 0 Å². The molecular formula is C79H60N2O2. The van der Waals surface area contributed by atoms with E-state index in [1.165, 1.54) is 55.6 Å². The number of fused-ring (bicyclic) bond motifs is 8. The molecule has 3 aliphatic carbocycles. The smallest absolute Gasteiger partial charge is 0.200 e. The standard InChI is InChI=1S/C79H60N2O2/c1-78(2)71-27-13-11-21-65(71)67-47-45-61(49-73(67)78)80(57-37-29-53(30-38-57)51-17-7-5-8-18-51)59-41-33-55(34-42-59)63-23-15-25-69-75(82)70-26-16-24-64(77(70)83-76(63)69)56-35-43-60(44-36-56)81(58-39-31-54(32-40-58)52-19-9-6-10-20-52)62-46-48-68-66-22-12-14-28-72(66)79(3,4)74(68)50-62/h5-19,21-50,52H,20H2,1-4H3. The summed E-state index contributed by atoms with van der Waals surface area (Å²) < 4.78 is 7.09. The first-order valence-corrected chi connectivity index (χ1v) is 29.0. The monoisotopic (exact) mass is 1070 g/mol. The molecule has 0 amide bonds. The first kappa shape index (κ1) is 50.0. The van der Waals surface area contributed by atoms with Gasteiger partial charge in [-0.3, -0.25) is 4.79 Å². The molecule has 1 atom stereocenters. The summed E-state index contributed by atoms with van der Waals surface area (Å²) in [6.45, 7) is 9.34. The highest BCUT2D eigenvalue weighted by Gasteiger charge is 2.37. The van der Waals surface area contributed by atoms with Crippen LogP contribution in [0, 0.1) is 0 Å². The SMILES string of the molecule is CC1(C)c2ccccc2-c2ccc(N(c3ccc(-c4ccccc4)cc3)c3ccc(-c4cccc5c(=O)c6cccc(-c7ccc(N(c8ccc(C9C=CC=CC9)cc8)c8ccc9c(c8)C(C)(C)c8ccccc8-9)cc7)c6oc45)cc3)cc21. The predicted octanol–water partition coefficient (Wildman–Crippen LogP) is 21.1. The molecular weight excluding hydrogens is 1010 g/mol. The van der Waals surface area contributed by atoms with E-state index in [4.69, 9.17) is 4.42 Å². The van der Waals surface area contributed by atoms with Gasteiger partial charge in [-0.15, -0.1) is 0 Å². The number of rotatable bonds is 10. The maximum Gasteiger partial charge on any atom is 0.200 e. The minimum Gasteiger partial charge on any atom is -0.455 e. The first-order chi connectivity index (χ1) is 40.6. The molecule has 0 radical (unpaired) electrons. The fourth-order valence-corrected chi connectivity index (χ4v) is 13.6. The maximum absolute atomic E-state index is 14.7. The lowest BCUT2D eigenvalue weighted by atomic mass is 9.82. The number of anilines is 6. The van der Waals surface area contributed by atoms with Gasteiger partial charge >= 0.3 is 0 Å². The Labute approximate surface area is 485 Å². The molecule has 4 nitrogen and oxygen atoms in total. The normalized spacial score (nSPS) is 15.0. The van der Waals surface area contributed by atoms with Crippen LogP contribution in [0.15, 0.2) is 282 Å². The molecule has 0 N–H and O–H groups in total. The molecule has 11 aromatic carbocycles. The second kappa shape index (κ2) is 19.6. The van der Waals surface area contributed by atoms with Gasteiger partial charge in [0.05, 0.1) is 10.8 Å². The summed E-state index contributed by atoms with van der Waals surface area (Å²) in [5.41, 5.74) is 24.9. The Morgan fingerprint density at radius 1 is 0.361 bits per heavy atom. The van der Waals surface area contributed by atoms with Crippen LogP contribution in [0.3, 0.4) is 0 Å². The van der Waals surface area contributed by atoms with Crippen LogP contribution in [0.25, 0.3) is 77.6 Å². The largest absolute Gasteiger partial charge is 0.455 e. The molecule has 3 aliphatic rings. The summed E-state index contributed by atoms with van der Waals surface area (Å²) in [6.07, 6.45) is 9.81. The Hall–Kier alpha value is -10.0.